The fourth-order valence-corrected chi connectivity index (χ4v) is 5.31. The lowest BCUT2D eigenvalue weighted by Gasteiger charge is -2.36. The average Bonchev–Trinajstić information content (AvgIpc) is 3.14. The number of aliphatic imine (C=N–C) groups is 1. The van der Waals surface area contributed by atoms with Gasteiger partial charge in [-0.15, -0.1) is 0 Å². The Morgan fingerprint density at radius 3 is 3.03 bits per heavy atom. The molecule has 1 aromatic rings. The van der Waals surface area contributed by atoms with E-state index in [9.17, 15) is 4.79 Å². The van der Waals surface area contributed by atoms with E-state index in [1.54, 1.807) is 0 Å². The first kappa shape index (κ1) is 22.3. The molecule has 0 saturated carbocycles. The molecule has 3 unspecified atom stereocenters. The van der Waals surface area contributed by atoms with Crippen LogP contribution in [0, 0.1) is 11.3 Å². The van der Waals surface area contributed by atoms with Crippen LogP contribution in [0.25, 0.3) is 0 Å². The molecule has 3 atom stereocenters. The number of nitrogens with zero attached hydrogens (tertiary/aromatic N) is 2. The number of allylic oxidation sites excluding steroid dienone is 1. The lowest BCUT2D eigenvalue weighted by molar-refractivity contribution is -0.118. The molecule has 9 heteroatoms. The molecule has 1 amide bonds. The van der Waals surface area contributed by atoms with E-state index in [0.717, 1.165) is 24.9 Å². The van der Waals surface area contributed by atoms with Gasteiger partial charge in [-0.05, 0) is 57.2 Å². The lowest BCUT2D eigenvalue weighted by Crippen LogP contribution is -2.50. The van der Waals surface area contributed by atoms with E-state index in [4.69, 9.17) is 22.0 Å². The van der Waals surface area contributed by atoms with E-state index >= 15 is 0 Å². The van der Waals surface area contributed by atoms with Crippen LogP contribution in [0.15, 0.2) is 40.9 Å². The molecule has 1 aromatic carbocycles. The number of anilines is 1. The molecule has 4 N–H and O–H groups in total. The van der Waals surface area contributed by atoms with Crippen molar-refractivity contribution in [1.29, 1.82) is 5.41 Å². The summed E-state index contributed by atoms with van der Waals surface area (Å²) in [5.41, 5.74) is 8.57. The van der Waals surface area contributed by atoms with Gasteiger partial charge in [0.15, 0.2) is 5.17 Å². The molecule has 2 heterocycles. The number of thioether (sulfide) groups is 1. The Hall–Kier alpha value is -1.87. The molecule has 3 aliphatic rings. The van der Waals surface area contributed by atoms with Gasteiger partial charge in [-0.25, -0.2) is 10.4 Å². The molecule has 166 valence electrons. The zero-order chi connectivity index (χ0) is 21.8. The van der Waals surface area contributed by atoms with Crippen molar-refractivity contribution in [2.45, 2.75) is 51.2 Å². The first-order valence-electron chi connectivity index (χ1n) is 10.8. The smallest absolute Gasteiger partial charge is 0.230 e. The Labute approximate surface area is 192 Å². The maximum atomic E-state index is 12.5. The molecule has 7 nitrogen and oxygen atoms in total. The SMILES string of the molecule is CC1NNC2N=C(SCC(=O)NCCC3=CCCCC3)N(c3cccc(Cl)c3)C(=N)C12. The van der Waals surface area contributed by atoms with E-state index in [-0.39, 0.29) is 29.8 Å². The number of halogens is 1. The Balaban J connectivity index is 1.41. The Morgan fingerprint density at radius 2 is 2.26 bits per heavy atom. The third-order valence-electron chi connectivity index (χ3n) is 5.89. The second kappa shape index (κ2) is 10.2. The van der Waals surface area contributed by atoms with E-state index in [1.165, 1.54) is 30.2 Å². The van der Waals surface area contributed by atoms with Crippen LogP contribution in [0.2, 0.25) is 5.02 Å². The highest BCUT2D eigenvalue weighted by Gasteiger charge is 2.43. The summed E-state index contributed by atoms with van der Waals surface area (Å²) in [5, 5.41) is 13.1. The van der Waals surface area contributed by atoms with E-state index < -0.39 is 0 Å². The topological polar surface area (TPSA) is 92.6 Å². The average molecular weight is 461 g/mol. The Bertz CT molecular complexity index is 904. The summed E-state index contributed by atoms with van der Waals surface area (Å²) in [4.78, 5) is 19.1. The normalized spacial score (nSPS) is 25.7. The van der Waals surface area contributed by atoms with Crippen molar-refractivity contribution in [2.75, 3.05) is 17.2 Å². The third-order valence-corrected chi connectivity index (χ3v) is 7.08. The molecule has 31 heavy (non-hydrogen) atoms. The molecule has 0 aromatic heterocycles. The highest BCUT2D eigenvalue weighted by Crippen LogP contribution is 2.32. The van der Waals surface area contributed by atoms with Crippen molar-refractivity contribution in [2.24, 2.45) is 10.9 Å². The van der Waals surface area contributed by atoms with E-state index in [0.29, 0.717) is 22.6 Å². The minimum absolute atomic E-state index is 0.0188. The van der Waals surface area contributed by atoms with Crippen molar-refractivity contribution >= 4 is 46.0 Å². The zero-order valence-electron chi connectivity index (χ0n) is 17.7. The van der Waals surface area contributed by atoms with Crippen molar-refractivity contribution in [3.63, 3.8) is 0 Å². The van der Waals surface area contributed by atoms with Gasteiger partial charge < -0.3 is 5.32 Å². The first-order chi connectivity index (χ1) is 15.0. The third kappa shape index (κ3) is 5.31. The van der Waals surface area contributed by atoms with Crippen LogP contribution in [0.5, 0.6) is 0 Å². The standard InChI is InChI=1S/C22H29ClN6OS/c1-14-19-20(24)29(17-9-5-8-16(23)12-17)22(26-21(19)28-27-14)31-13-18(30)25-11-10-15-6-3-2-4-7-15/h5-6,8-9,12,14,19,21,24,27-28H,2-4,7,10-11,13H2,1H3,(H,25,30). The monoisotopic (exact) mass is 460 g/mol. The zero-order valence-corrected chi connectivity index (χ0v) is 19.2. The summed E-state index contributed by atoms with van der Waals surface area (Å²) in [6, 6.07) is 7.48. The summed E-state index contributed by atoms with van der Waals surface area (Å²) in [5.74, 6) is 0.581. The van der Waals surface area contributed by atoms with Gasteiger partial charge in [-0.2, -0.15) is 0 Å². The van der Waals surface area contributed by atoms with Gasteiger partial charge in [0.25, 0.3) is 0 Å². The molecule has 1 aliphatic carbocycles. The minimum Gasteiger partial charge on any atom is -0.355 e. The maximum Gasteiger partial charge on any atom is 0.230 e. The van der Waals surface area contributed by atoms with Crippen molar-refractivity contribution < 1.29 is 4.79 Å². The summed E-state index contributed by atoms with van der Waals surface area (Å²) in [6.45, 7) is 2.70. The van der Waals surface area contributed by atoms with Crippen LogP contribution in [-0.2, 0) is 4.79 Å². The van der Waals surface area contributed by atoms with E-state index in [1.807, 2.05) is 36.1 Å². The number of rotatable bonds is 6. The number of carbonyl (C=O) groups is 1. The highest BCUT2D eigenvalue weighted by atomic mass is 35.5. The number of fused-ring (bicyclic) bond motifs is 1. The second-order valence-corrected chi connectivity index (χ2v) is 9.54. The van der Waals surface area contributed by atoms with Gasteiger partial charge in [0.2, 0.25) is 5.91 Å². The van der Waals surface area contributed by atoms with Gasteiger partial charge in [-0.1, -0.05) is 41.1 Å². The summed E-state index contributed by atoms with van der Waals surface area (Å²) >= 11 is 7.56. The molecule has 4 rings (SSSR count). The number of hydrogen-bond donors (Lipinski definition) is 4. The molecule has 1 fully saturated rings. The van der Waals surface area contributed by atoms with Gasteiger partial charge in [-0.3, -0.25) is 20.5 Å². The van der Waals surface area contributed by atoms with Crippen molar-refractivity contribution in [1.82, 2.24) is 16.2 Å². The van der Waals surface area contributed by atoms with Gasteiger partial charge in [0.1, 0.15) is 12.0 Å². The number of amides is 1. The molecule has 0 radical (unpaired) electrons. The maximum absolute atomic E-state index is 12.5. The highest BCUT2D eigenvalue weighted by molar-refractivity contribution is 8.14. The summed E-state index contributed by atoms with van der Waals surface area (Å²) < 4.78 is 0. The number of hydrazine groups is 1. The van der Waals surface area contributed by atoms with Gasteiger partial charge in [0.05, 0.1) is 17.4 Å². The van der Waals surface area contributed by atoms with Crippen molar-refractivity contribution in [3.05, 3.63) is 40.9 Å². The molecular weight excluding hydrogens is 432 g/mol. The van der Waals surface area contributed by atoms with Gasteiger partial charge in [0, 0.05) is 17.6 Å². The summed E-state index contributed by atoms with van der Waals surface area (Å²) in [6.07, 6.45) is 7.86. The quantitative estimate of drug-likeness (QED) is 0.486. The number of hydrogen-bond acceptors (Lipinski definition) is 6. The molecule has 0 spiro atoms. The fourth-order valence-electron chi connectivity index (χ4n) is 4.24. The van der Waals surface area contributed by atoms with Crippen molar-refractivity contribution in [3.8, 4) is 0 Å². The lowest BCUT2D eigenvalue weighted by atomic mass is 9.97. The van der Waals surface area contributed by atoms with Gasteiger partial charge >= 0.3 is 0 Å². The predicted octanol–water partition coefficient (Wildman–Crippen LogP) is 3.67. The first-order valence-corrected chi connectivity index (χ1v) is 12.2. The largest absolute Gasteiger partial charge is 0.355 e. The van der Waals surface area contributed by atoms with E-state index in [2.05, 4.69) is 22.2 Å². The second-order valence-electron chi connectivity index (χ2n) is 8.16. The Kier molecular flexibility index (Phi) is 7.32. The van der Waals surface area contributed by atoms with Crippen LogP contribution in [-0.4, -0.2) is 41.4 Å². The minimum atomic E-state index is -0.221. The number of nitrogens with one attached hydrogen (secondary N) is 4. The Morgan fingerprint density at radius 1 is 1.39 bits per heavy atom. The molecule has 0 bridgehead atoms. The van der Waals surface area contributed by atoms with Crippen LogP contribution in [0.4, 0.5) is 5.69 Å². The molecular formula is C22H29ClN6OS. The number of benzene rings is 1. The van der Waals surface area contributed by atoms with Crippen LogP contribution in [0.3, 0.4) is 0 Å². The number of carbonyl (C=O) groups excluding carboxylic acids is 1. The summed E-state index contributed by atoms with van der Waals surface area (Å²) in [7, 11) is 0. The van der Waals surface area contributed by atoms with Crippen LogP contribution < -0.4 is 21.1 Å². The molecule has 2 aliphatic heterocycles. The van der Waals surface area contributed by atoms with Crippen LogP contribution in [0.1, 0.15) is 39.0 Å². The number of amidine groups is 2. The fraction of sp³-hybridized carbons (Fsp3) is 0.500. The molecule has 1 saturated heterocycles. The predicted molar refractivity (Wildman–Crippen MR) is 129 cm³/mol. The van der Waals surface area contributed by atoms with Crippen LogP contribution >= 0.6 is 23.4 Å².